The van der Waals surface area contributed by atoms with Crippen molar-refractivity contribution in [1.29, 1.82) is 0 Å². The van der Waals surface area contributed by atoms with Crippen LogP contribution in [0.5, 0.6) is 0 Å². The average molecular weight is 500 g/mol. The zero-order valence-electron chi connectivity index (χ0n) is 19.1. The van der Waals surface area contributed by atoms with E-state index in [9.17, 15) is 22.4 Å². The number of amides is 1. The molecule has 0 spiro atoms. The molecule has 11 heteroatoms. The van der Waals surface area contributed by atoms with Gasteiger partial charge in [0.25, 0.3) is 0 Å². The normalized spacial score (nSPS) is 18.1. The number of carbonyl (C=O) groups excluding carboxylic acids is 1. The van der Waals surface area contributed by atoms with Crippen molar-refractivity contribution >= 4 is 17.7 Å². The van der Waals surface area contributed by atoms with Crippen LogP contribution in [0.3, 0.4) is 0 Å². The first-order valence-electron chi connectivity index (χ1n) is 11.6. The summed E-state index contributed by atoms with van der Waals surface area (Å²) in [6.07, 6.45) is 0.630. The molecule has 4 rings (SSSR count). The van der Waals surface area contributed by atoms with Crippen molar-refractivity contribution in [2.45, 2.75) is 62.9 Å². The summed E-state index contributed by atoms with van der Waals surface area (Å²) in [6, 6.07) is 5.42. The molecule has 1 saturated heterocycles. The topological polar surface area (TPSA) is 54.3 Å². The predicted octanol–water partition coefficient (Wildman–Crippen LogP) is 4.67. The number of hydrogen-bond acceptors (Lipinski definition) is 5. The van der Waals surface area contributed by atoms with E-state index >= 15 is 0 Å². The summed E-state index contributed by atoms with van der Waals surface area (Å²) in [7, 11) is 0. The van der Waals surface area contributed by atoms with Gasteiger partial charge >= 0.3 is 6.18 Å². The third kappa shape index (κ3) is 6.50. The predicted molar refractivity (Wildman–Crippen MR) is 121 cm³/mol. The second-order valence-electron chi connectivity index (χ2n) is 9.05. The van der Waals surface area contributed by atoms with Gasteiger partial charge in [0.2, 0.25) is 5.91 Å². The van der Waals surface area contributed by atoms with Crippen molar-refractivity contribution in [2.24, 2.45) is 5.92 Å². The molecule has 1 aliphatic heterocycles. The summed E-state index contributed by atoms with van der Waals surface area (Å²) in [6.45, 7) is 2.88. The van der Waals surface area contributed by atoms with Gasteiger partial charge in [0.05, 0.1) is 12.3 Å². The van der Waals surface area contributed by atoms with E-state index in [1.807, 2.05) is 0 Å². The summed E-state index contributed by atoms with van der Waals surface area (Å²) < 4.78 is 54.8. The first kappa shape index (κ1) is 25.0. The average Bonchev–Trinajstić information content (AvgIpc) is 3.58. The van der Waals surface area contributed by atoms with Crippen LogP contribution in [0.4, 0.5) is 17.6 Å². The highest BCUT2D eigenvalue weighted by Crippen LogP contribution is 2.36. The number of alkyl halides is 3. The monoisotopic (exact) mass is 499 g/mol. The number of nitrogens with zero attached hydrogens (tertiary/aromatic N) is 5. The molecule has 0 N–H and O–H groups in total. The van der Waals surface area contributed by atoms with Gasteiger partial charge < -0.3 is 4.90 Å². The number of piperidine rings is 1. The van der Waals surface area contributed by atoms with Crippen LogP contribution < -0.4 is 0 Å². The molecule has 34 heavy (non-hydrogen) atoms. The van der Waals surface area contributed by atoms with Gasteiger partial charge in [0.1, 0.15) is 12.4 Å². The number of halogens is 4. The van der Waals surface area contributed by atoms with E-state index in [1.165, 1.54) is 18.6 Å². The Morgan fingerprint density at radius 3 is 2.44 bits per heavy atom. The standard InChI is InChI=1S/C23H29F4N5OS/c1-16(17-5-6-17)31(15-23(25,26)27)21(33)14-34-22-29-28-20(13-30-11-3-2-4-12-30)32(22)19-9-7-18(24)8-10-19/h7-10,16-17H,2-6,11-15H2,1H3/t16-/m0/s1. The molecule has 0 bridgehead atoms. The molecule has 1 aromatic heterocycles. The van der Waals surface area contributed by atoms with Crippen LogP contribution in [0, 0.1) is 11.7 Å². The molecular formula is C23H29F4N5OS. The summed E-state index contributed by atoms with van der Waals surface area (Å²) in [5, 5.41) is 8.96. The van der Waals surface area contributed by atoms with E-state index in [0.29, 0.717) is 23.2 Å². The first-order chi connectivity index (χ1) is 16.2. The summed E-state index contributed by atoms with van der Waals surface area (Å²) in [5.41, 5.74) is 0.645. The third-order valence-corrected chi connectivity index (χ3v) is 7.30. The SMILES string of the molecule is C[C@@H](C1CC1)N(CC(F)(F)F)C(=O)CSc1nnc(CN2CCCCC2)n1-c1ccc(F)cc1. The summed E-state index contributed by atoms with van der Waals surface area (Å²) in [5.74, 6) is -0.364. The Labute approximate surface area is 200 Å². The van der Waals surface area contributed by atoms with Crippen LogP contribution in [0.15, 0.2) is 29.4 Å². The van der Waals surface area contributed by atoms with Gasteiger partial charge in [-0.3, -0.25) is 14.3 Å². The van der Waals surface area contributed by atoms with Crippen LogP contribution >= 0.6 is 11.8 Å². The first-order valence-corrected chi connectivity index (χ1v) is 12.6. The molecule has 1 saturated carbocycles. The Hall–Kier alpha value is -2.14. The fraction of sp³-hybridized carbons (Fsp3) is 0.609. The minimum absolute atomic E-state index is 0.121. The van der Waals surface area contributed by atoms with Crippen molar-refractivity contribution in [1.82, 2.24) is 24.6 Å². The molecule has 2 aliphatic rings. The second kappa shape index (κ2) is 10.6. The van der Waals surface area contributed by atoms with Gasteiger partial charge in [-0.25, -0.2) is 4.39 Å². The molecule has 1 aromatic carbocycles. The number of thioether (sulfide) groups is 1. The van der Waals surface area contributed by atoms with E-state index in [0.717, 1.165) is 55.4 Å². The molecule has 0 radical (unpaired) electrons. The number of rotatable bonds is 9. The summed E-state index contributed by atoms with van der Waals surface area (Å²) in [4.78, 5) is 16.1. The lowest BCUT2D eigenvalue weighted by atomic mass is 10.1. The lowest BCUT2D eigenvalue weighted by Gasteiger charge is -2.30. The van der Waals surface area contributed by atoms with E-state index in [-0.39, 0.29) is 17.5 Å². The minimum atomic E-state index is -4.46. The Balaban J connectivity index is 1.53. The Bertz CT molecular complexity index is 971. The molecule has 0 unspecified atom stereocenters. The van der Waals surface area contributed by atoms with Gasteiger partial charge in [0, 0.05) is 11.7 Å². The molecule has 1 aliphatic carbocycles. The van der Waals surface area contributed by atoms with E-state index in [2.05, 4.69) is 15.1 Å². The van der Waals surface area contributed by atoms with Crippen LogP contribution in [-0.2, 0) is 11.3 Å². The van der Waals surface area contributed by atoms with Crippen LogP contribution in [-0.4, -0.2) is 68.1 Å². The molecule has 2 fully saturated rings. The molecule has 186 valence electrons. The van der Waals surface area contributed by atoms with Crippen molar-refractivity contribution < 1.29 is 22.4 Å². The zero-order valence-corrected chi connectivity index (χ0v) is 19.9. The third-order valence-electron chi connectivity index (χ3n) is 6.39. The van der Waals surface area contributed by atoms with Gasteiger partial charge in [-0.1, -0.05) is 18.2 Å². The Morgan fingerprint density at radius 2 is 1.82 bits per heavy atom. The van der Waals surface area contributed by atoms with Crippen molar-refractivity contribution in [3.63, 3.8) is 0 Å². The molecule has 1 atom stereocenters. The summed E-state index contributed by atoms with van der Waals surface area (Å²) >= 11 is 1.06. The van der Waals surface area contributed by atoms with Crippen molar-refractivity contribution in [3.8, 4) is 5.69 Å². The molecule has 1 amide bonds. The lowest BCUT2D eigenvalue weighted by molar-refractivity contribution is -0.164. The zero-order chi connectivity index (χ0) is 24.3. The van der Waals surface area contributed by atoms with Crippen molar-refractivity contribution in [2.75, 3.05) is 25.4 Å². The molecule has 2 aromatic rings. The van der Waals surface area contributed by atoms with Crippen LogP contribution in [0.1, 0.15) is 44.9 Å². The maximum Gasteiger partial charge on any atom is 0.406 e. The van der Waals surface area contributed by atoms with E-state index in [4.69, 9.17) is 0 Å². The number of carbonyl (C=O) groups is 1. The van der Waals surface area contributed by atoms with Crippen LogP contribution in [0.2, 0.25) is 0 Å². The second-order valence-corrected chi connectivity index (χ2v) is 9.99. The van der Waals surface area contributed by atoms with Crippen molar-refractivity contribution in [3.05, 3.63) is 35.9 Å². The van der Waals surface area contributed by atoms with Gasteiger partial charge in [0.15, 0.2) is 11.0 Å². The maximum absolute atomic E-state index is 13.5. The quantitative estimate of drug-likeness (QED) is 0.371. The molecular weight excluding hydrogens is 470 g/mol. The molecule has 2 heterocycles. The number of likely N-dealkylation sites (tertiary alicyclic amines) is 1. The van der Waals surface area contributed by atoms with Gasteiger partial charge in [-0.15, -0.1) is 10.2 Å². The van der Waals surface area contributed by atoms with Gasteiger partial charge in [-0.05, 0) is 75.9 Å². The highest BCUT2D eigenvalue weighted by molar-refractivity contribution is 7.99. The van der Waals surface area contributed by atoms with E-state index in [1.54, 1.807) is 23.6 Å². The Kier molecular flexibility index (Phi) is 7.81. The largest absolute Gasteiger partial charge is 0.406 e. The minimum Gasteiger partial charge on any atom is -0.330 e. The Morgan fingerprint density at radius 1 is 1.15 bits per heavy atom. The van der Waals surface area contributed by atoms with Crippen LogP contribution in [0.25, 0.3) is 5.69 Å². The highest BCUT2D eigenvalue weighted by atomic mass is 32.2. The fourth-order valence-corrected chi connectivity index (χ4v) is 5.21. The number of benzene rings is 1. The number of aromatic nitrogens is 3. The fourth-order valence-electron chi connectivity index (χ4n) is 4.36. The lowest BCUT2D eigenvalue weighted by Crippen LogP contribution is -2.46. The van der Waals surface area contributed by atoms with E-state index < -0.39 is 24.7 Å². The highest BCUT2D eigenvalue weighted by Gasteiger charge is 2.40. The number of hydrogen-bond donors (Lipinski definition) is 0. The van der Waals surface area contributed by atoms with Gasteiger partial charge in [-0.2, -0.15) is 13.2 Å². The molecule has 6 nitrogen and oxygen atoms in total. The maximum atomic E-state index is 13.5. The smallest absolute Gasteiger partial charge is 0.330 e.